The molecule has 4 atom stereocenters. The highest BCUT2D eigenvalue weighted by Gasteiger charge is 2.30. The molecule has 0 spiro atoms. The Morgan fingerprint density at radius 1 is 0.603 bits per heavy atom. The molecule has 0 saturated heterocycles. The van der Waals surface area contributed by atoms with Gasteiger partial charge in [0, 0.05) is 30.3 Å². The van der Waals surface area contributed by atoms with Crippen LogP contribution < -0.4 is 33.6 Å². The van der Waals surface area contributed by atoms with Crippen LogP contribution in [0, 0.1) is 12.4 Å². The summed E-state index contributed by atoms with van der Waals surface area (Å²) in [4.78, 5) is 55.1. The molecule has 0 bridgehead atoms. The first-order chi connectivity index (χ1) is 34.1. The lowest BCUT2D eigenvalue weighted by Crippen LogP contribution is -2.38. The smallest absolute Gasteiger partial charge is 0.413 e. The van der Waals surface area contributed by atoms with E-state index in [0.29, 0.717) is 31.2 Å². The number of carboxylic acid groups (broad SMARTS) is 1. The summed E-state index contributed by atoms with van der Waals surface area (Å²) in [6, 6.07) is 30.8. The van der Waals surface area contributed by atoms with Gasteiger partial charge in [-0.3, -0.25) is 30.2 Å². The number of aliphatic carboxylic acids is 1. The maximum atomic E-state index is 12.3. The van der Waals surface area contributed by atoms with Crippen molar-refractivity contribution in [3.05, 3.63) is 119 Å². The van der Waals surface area contributed by atoms with Crippen LogP contribution in [0.2, 0.25) is 0 Å². The second kappa shape index (κ2) is 33.5. The van der Waals surface area contributed by atoms with Crippen LogP contribution in [0.4, 0.5) is 9.59 Å². The van der Waals surface area contributed by atoms with E-state index in [4.69, 9.17) is 53.9 Å². The second-order valence-corrected chi connectivity index (χ2v) is 18.3. The van der Waals surface area contributed by atoms with Crippen LogP contribution in [0.5, 0.6) is 0 Å². The van der Waals surface area contributed by atoms with Crippen molar-refractivity contribution in [2.75, 3.05) is 26.3 Å². The Hall–Kier alpha value is -6.20. The summed E-state index contributed by atoms with van der Waals surface area (Å²) in [6.07, 6.45) is 6.78. The summed E-state index contributed by atoms with van der Waals surface area (Å²) >= 11 is 5.66. The Morgan fingerprint density at radius 2 is 0.959 bits per heavy atom. The van der Waals surface area contributed by atoms with Gasteiger partial charge in [0.05, 0.1) is 18.5 Å². The van der Waals surface area contributed by atoms with Gasteiger partial charge < -0.3 is 42.3 Å². The van der Waals surface area contributed by atoms with Gasteiger partial charge in [0.2, 0.25) is 0 Å². The number of aliphatic imine (C=N–C) groups is 2. The second-order valence-electron chi connectivity index (χ2n) is 17.6. The lowest BCUT2D eigenvalue weighted by atomic mass is 9.98. The normalized spacial score (nSPS) is 13.9. The molecule has 2 amide bonds. The van der Waals surface area contributed by atoms with Gasteiger partial charge in [-0.15, -0.1) is 11.6 Å². The molecule has 2 aliphatic carbocycles. The summed E-state index contributed by atoms with van der Waals surface area (Å²) in [6.45, 7) is 9.14. The summed E-state index contributed by atoms with van der Waals surface area (Å²) < 4.78 is 16.2. The predicted octanol–water partition coefficient (Wildman–Crippen LogP) is 9.01. The highest BCUT2D eigenvalue weighted by molar-refractivity contribution is 6.20. The average Bonchev–Trinajstić information content (AvgIpc) is 3.86. The van der Waals surface area contributed by atoms with Crippen LogP contribution in [0.3, 0.4) is 0 Å². The number of carbonyl (C=O) groups is 4. The highest BCUT2D eigenvalue weighted by Crippen LogP contribution is 2.45. The van der Waals surface area contributed by atoms with Crippen molar-refractivity contribution in [3.63, 3.8) is 0 Å². The number of alkyl halides is 1. The SMILES string of the molecule is C.CCCCC(C)Cl.CCCCC(C)OC(=O)C(N)CCCN=C(N)NC(=O)OCC1c2ccccc2-c2ccccc21.NC(=NCCCC(N)C(=O)O)NC(=O)OCC1c2ccccc2-c2ccccc21.[ClH2+]. The molecular formula is C55H79Cl2N8O8+. The number of rotatable bonds is 21. The summed E-state index contributed by atoms with van der Waals surface area (Å²) in [5, 5.41) is 13.9. The summed E-state index contributed by atoms with van der Waals surface area (Å²) in [5.41, 5.74) is 32.0. The van der Waals surface area contributed by atoms with Crippen molar-refractivity contribution in [2.24, 2.45) is 32.9 Å². The van der Waals surface area contributed by atoms with Crippen molar-refractivity contribution >= 4 is 47.6 Å². The van der Waals surface area contributed by atoms with Crippen molar-refractivity contribution in [3.8, 4) is 22.3 Å². The number of nitrogens with zero attached hydrogens (tertiary/aromatic N) is 2. The van der Waals surface area contributed by atoms with Crippen LogP contribution in [0.15, 0.2) is 107 Å². The quantitative estimate of drug-likeness (QED) is 0.0103. The Bertz CT molecular complexity index is 2310. The number of fused-ring (bicyclic) bond motifs is 6. The Balaban J connectivity index is 0.000000436. The number of unbranched alkanes of at least 4 members (excludes halogenated alkanes) is 2. The minimum absolute atomic E-state index is 0. The lowest BCUT2D eigenvalue weighted by molar-refractivity contribution is -0.150. The number of nitrogens with one attached hydrogen (secondary N) is 2. The average molecular weight is 1050 g/mol. The van der Waals surface area contributed by atoms with E-state index in [2.05, 4.69) is 70.9 Å². The van der Waals surface area contributed by atoms with Crippen LogP contribution in [0.25, 0.3) is 22.3 Å². The molecule has 4 aromatic carbocycles. The molecule has 4 unspecified atom stereocenters. The van der Waals surface area contributed by atoms with Gasteiger partial charge in [0.1, 0.15) is 25.3 Å². The number of hydrogen-bond acceptors (Lipinski definition) is 11. The van der Waals surface area contributed by atoms with E-state index < -0.39 is 36.2 Å². The third kappa shape index (κ3) is 20.7. The van der Waals surface area contributed by atoms with E-state index in [1.165, 1.54) is 12.8 Å². The zero-order valence-electron chi connectivity index (χ0n) is 41.9. The predicted molar refractivity (Wildman–Crippen MR) is 291 cm³/mol. The number of carboxylic acids is 1. The molecule has 0 aliphatic heterocycles. The molecule has 18 heteroatoms. The van der Waals surface area contributed by atoms with Crippen molar-refractivity contribution in [2.45, 2.75) is 135 Å². The molecule has 0 heterocycles. The molecule has 2 aliphatic rings. The summed E-state index contributed by atoms with van der Waals surface area (Å²) in [7, 11) is 0. The molecule has 0 aromatic heterocycles. The van der Waals surface area contributed by atoms with Gasteiger partial charge in [0.15, 0.2) is 11.9 Å². The number of ether oxygens (including phenoxy) is 3. The first-order valence-corrected chi connectivity index (χ1v) is 25.0. The number of benzene rings is 4. The minimum atomic E-state index is -1.06. The van der Waals surface area contributed by atoms with E-state index in [-0.39, 0.29) is 75.9 Å². The van der Waals surface area contributed by atoms with E-state index >= 15 is 0 Å². The lowest BCUT2D eigenvalue weighted by Gasteiger charge is -2.16. The van der Waals surface area contributed by atoms with Crippen LogP contribution in [-0.4, -0.2) is 91.0 Å². The standard InChI is InChI=1S/C27H36N4O4.C21H24N4O4.C6H13Cl.CH4.ClH2/c1-3-4-10-18(2)35-25(32)24(28)15-9-16-30-26(29)31-27(33)34-17-23-21-13-7-5-11-19(21)20-12-6-8-14-22(20)23;22-18(19(26)27)10-5-11-24-20(23)25-21(28)29-12-17-15-8-3-1-6-13(15)14-7-2-4-9-16(14)17;1-3-4-5-6(2)7;;/h5-8,11-14,18,23-24H,3-4,9-10,15-17,28H2,1-2H3,(H3,29,30,31,33);1-4,6-9,17-18H,5,10-12,22H2,(H,26,27)(H3,23,24,25,28);6H,3-5H2,1-2H3;1H4;1H2/q;;;;+1. The van der Waals surface area contributed by atoms with Crippen LogP contribution >= 0.6 is 11.6 Å². The zero-order valence-corrected chi connectivity index (χ0v) is 43.6. The van der Waals surface area contributed by atoms with Crippen LogP contribution in [-0.2, 0) is 23.8 Å². The maximum absolute atomic E-state index is 12.3. The van der Waals surface area contributed by atoms with Crippen molar-refractivity contribution in [1.82, 2.24) is 10.6 Å². The van der Waals surface area contributed by atoms with Gasteiger partial charge in [-0.2, -0.15) is 0 Å². The fourth-order valence-electron chi connectivity index (χ4n) is 8.14. The van der Waals surface area contributed by atoms with E-state index in [1.807, 2.05) is 74.5 Å². The number of carbonyl (C=O) groups excluding carboxylic acids is 3. The number of halogens is 2. The van der Waals surface area contributed by atoms with E-state index in [0.717, 1.165) is 70.2 Å². The van der Waals surface area contributed by atoms with Gasteiger partial charge in [-0.05, 0) is 96.9 Å². The first kappa shape index (κ1) is 62.9. The molecule has 16 nitrogen and oxygen atoms in total. The first-order valence-electron chi connectivity index (χ1n) is 24.6. The molecule has 4 aromatic rings. The highest BCUT2D eigenvalue weighted by atomic mass is 35.5. The minimum Gasteiger partial charge on any atom is -0.480 e. The molecule has 11 N–H and O–H groups in total. The molecular weight excluding hydrogens is 972 g/mol. The number of esters is 1. The fraction of sp³-hybridized carbons (Fsp3) is 0.455. The maximum Gasteiger partial charge on any atom is 0.413 e. The number of guanidine groups is 2. The molecule has 0 fully saturated rings. The third-order valence-corrected chi connectivity index (χ3v) is 12.1. The Kier molecular flexibility index (Phi) is 28.9. The Labute approximate surface area is 442 Å². The molecule has 6 rings (SSSR count). The summed E-state index contributed by atoms with van der Waals surface area (Å²) in [5.74, 6) is -1.64. The zero-order chi connectivity index (χ0) is 51.7. The number of nitrogens with two attached hydrogens (primary N) is 4. The van der Waals surface area contributed by atoms with E-state index in [1.54, 1.807) is 0 Å². The van der Waals surface area contributed by atoms with Gasteiger partial charge in [-0.1, -0.05) is 144 Å². The molecule has 73 heavy (non-hydrogen) atoms. The van der Waals surface area contributed by atoms with Gasteiger partial charge in [-0.25, -0.2) is 9.59 Å². The van der Waals surface area contributed by atoms with Crippen molar-refractivity contribution < 1.29 is 50.9 Å². The van der Waals surface area contributed by atoms with E-state index in [9.17, 15) is 19.2 Å². The largest absolute Gasteiger partial charge is 0.480 e. The molecule has 400 valence electrons. The third-order valence-electron chi connectivity index (χ3n) is 11.9. The molecule has 0 saturated carbocycles. The van der Waals surface area contributed by atoms with Gasteiger partial charge >= 0.3 is 24.1 Å². The topological polar surface area (TPSA) is 269 Å². The Morgan fingerprint density at radius 3 is 1.30 bits per heavy atom. The fourth-order valence-corrected chi connectivity index (χ4v) is 8.30. The van der Waals surface area contributed by atoms with Crippen LogP contribution in [0.1, 0.15) is 133 Å². The van der Waals surface area contributed by atoms with Crippen molar-refractivity contribution in [1.29, 1.82) is 0 Å². The number of alkyl carbamates (subject to hydrolysis) is 2. The van der Waals surface area contributed by atoms with Gasteiger partial charge in [0.25, 0.3) is 0 Å². The number of amides is 2. The molecule has 0 radical (unpaired) electrons. The number of hydrogen-bond donors (Lipinski definition) is 7. The monoisotopic (exact) mass is 1050 g/mol.